The number of aliphatic hydroxyl groups excluding tert-OH is 1. The molecule has 1 aromatic carbocycles. The van der Waals surface area contributed by atoms with E-state index in [9.17, 15) is 9.90 Å². The van der Waals surface area contributed by atoms with E-state index in [0.717, 1.165) is 51.4 Å². The largest absolute Gasteiger partial charge is 0.496 e. The van der Waals surface area contributed by atoms with Crippen LogP contribution in [0.15, 0.2) is 12.1 Å². The molecule has 3 rings (SSSR count). The molecule has 0 radical (unpaired) electrons. The first-order chi connectivity index (χ1) is 14.0. The minimum Gasteiger partial charge on any atom is -0.496 e. The molecule has 2 fully saturated rings. The van der Waals surface area contributed by atoms with Crippen molar-refractivity contribution in [2.75, 3.05) is 21.3 Å². The number of ether oxygens (including phenoxy) is 4. The summed E-state index contributed by atoms with van der Waals surface area (Å²) in [7, 11) is 4.56. The summed E-state index contributed by atoms with van der Waals surface area (Å²) in [6.07, 6.45) is 7.23. The molecule has 2 saturated carbocycles. The monoisotopic (exact) mass is 407 g/mol. The predicted octanol–water partition coefficient (Wildman–Crippen LogP) is 3.07. The van der Waals surface area contributed by atoms with Gasteiger partial charge in [-0.25, -0.2) is 4.79 Å². The molecule has 0 spiro atoms. The molecule has 1 aromatic rings. The van der Waals surface area contributed by atoms with Crippen LogP contribution in [0.4, 0.5) is 0 Å². The number of hydrogen-bond donors (Lipinski definition) is 2. The standard InChI is InChI=1S/C22H33NO6/c1-26-18-12-19(27-2)21(20(13-18)28-3)22(25)29-17-10-6-15(7-11-17)23-14-4-8-16(24)9-5-14/h12-17,23-24H,4-11H2,1-3H3/t14-,15?,16+,17?. The van der Waals surface area contributed by atoms with E-state index in [4.69, 9.17) is 18.9 Å². The second-order valence-corrected chi connectivity index (χ2v) is 7.96. The second-order valence-electron chi connectivity index (χ2n) is 7.96. The van der Waals surface area contributed by atoms with Crippen LogP contribution in [0, 0.1) is 0 Å². The predicted molar refractivity (Wildman–Crippen MR) is 109 cm³/mol. The van der Waals surface area contributed by atoms with E-state index < -0.39 is 5.97 Å². The molecule has 0 heterocycles. The van der Waals surface area contributed by atoms with Crippen LogP contribution in [0.5, 0.6) is 17.2 Å². The third-order valence-electron chi connectivity index (χ3n) is 6.04. The average Bonchev–Trinajstić information content (AvgIpc) is 2.75. The Hall–Kier alpha value is -1.99. The number of hydrogen-bond acceptors (Lipinski definition) is 7. The SMILES string of the molecule is COc1cc(OC)c(C(=O)OC2CCC(N[C@H]3CC[C@@H](O)CC3)CC2)c(OC)c1. The van der Waals surface area contributed by atoms with E-state index in [1.165, 1.54) is 14.2 Å². The van der Waals surface area contributed by atoms with Crippen LogP contribution >= 0.6 is 0 Å². The van der Waals surface area contributed by atoms with Gasteiger partial charge in [0.1, 0.15) is 28.9 Å². The third kappa shape index (κ3) is 5.54. The summed E-state index contributed by atoms with van der Waals surface area (Å²) < 4.78 is 21.7. The fraction of sp³-hybridized carbons (Fsp3) is 0.682. The van der Waals surface area contributed by atoms with E-state index in [1.807, 2.05) is 0 Å². The van der Waals surface area contributed by atoms with Gasteiger partial charge in [0, 0.05) is 24.2 Å². The van der Waals surface area contributed by atoms with E-state index in [2.05, 4.69) is 5.32 Å². The molecule has 7 nitrogen and oxygen atoms in total. The Morgan fingerprint density at radius 1 is 0.862 bits per heavy atom. The van der Waals surface area contributed by atoms with Crippen molar-refractivity contribution in [2.45, 2.75) is 75.7 Å². The molecule has 0 bridgehead atoms. The molecular formula is C22H33NO6. The number of carbonyl (C=O) groups excluding carboxylic acids is 1. The molecular weight excluding hydrogens is 374 g/mol. The fourth-order valence-electron chi connectivity index (χ4n) is 4.34. The minimum absolute atomic E-state index is 0.106. The molecule has 0 aliphatic heterocycles. The van der Waals surface area contributed by atoms with Crippen molar-refractivity contribution < 1.29 is 28.8 Å². The van der Waals surface area contributed by atoms with Crippen LogP contribution in [-0.4, -0.2) is 56.7 Å². The van der Waals surface area contributed by atoms with Crippen molar-refractivity contribution in [2.24, 2.45) is 0 Å². The maximum absolute atomic E-state index is 12.8. The second kappa shape index (κ2) is 10.2. The van der Waals surface area contributed by atoms with Crippen LogP contribution in [0.1, 0.15) is 61.7 Å². The molecule has 2 N–H and O–H groups in total. The third-order valence-corrected chi connectivity index (χ3v) is 6.04. The summed E-state index contributed by atoms with van der Waals surface area (Å²) in [5.41, 5.74) is 0.289. The molecule has 7 heteroatoms. The van der Waals surface area contributed by atoms with Crippen molar-refractivity contribution in [1.82, 2.24) is 5.32 Å². The first kappa shape index (κ1) is 21.7. The Morgan fingerprint density at radius 2 is 1.38 bits per heavy atom. The highest BCUT2D eigenvalue weighted by molar-refractivity contribution is 5.96. The van der Waals surface area contributed by atoms with Gasteiger partial charge in [-0.2, -0.15) is 0 Å². The maximum atomic E-state index is 12.8. The number of nitrogens with one attached hydrogen (secondary N) is 1. The van der Waals surface area contributed by atoms with Gasteiger partial charge in [0.25, 0.3) is 0 Å². The molecule has 162 valence electrons. The topological polar surface area (TPSA) is 86.3 Å². The minimum atomic E-state index is -0.431. The highest BCUT2D eigenvalue weighted by Gasteiger charge is 2.29. The van der Waals surface area contributed by atoms with E-state index in [1.54, 1.807) is 19.2 Å². The zero-order valence-corrected chi connectivity index (χ0v) is 17.6. The lowest BCUT2D eigenvalue weighted by molar-refractivity contribution is 0.0170. The number of benzene rings is 1. The average molecular weight is 408 g/mol. The number of esters is 1. The van der Waals surface area contributed by atoms with Gasteiger partial charge >= 0.3 is 5.97 Å². The molecule has 2 aliphatic rings. The van der Waals surface area contributed by atoms with Crippen LogP contribution in [-0.2, 0) is 4.74 Å². The fourth-order valence-corrected chi connectivity index (χ4v) is 4.34. The Balaban J connectivity index is 1.54. The van der Waals surface area contributed by atoms with Gasteiger partial charge in [0.15, 0.2) is 0 Å². The van der Waals surface area contributed by atoms with E-state index in [0.29, 0.717) is 29.3 Å². The summed E-state index contributed by atoms with van der Waals surface area (Å²) in [4.78, 5) is 12.8. The summed E-state index contributed by atoms with van der Waals surface area (Å²) in [5.74, 6) is 0.873. The van der Waals surface area contributed by atoms with Gasteiger partial charge in [-0.15, -0.1) is 0 Å². The highest BCUT2D eigenvalue weighted by atomic mass is 16.5. The summed E-state index contributed by atoms with van der Waals surface area (Å²) >= 11 is 0. The van der Waals surface area contributed by atoms with E-state index in [-0.39, 0.29) is 17.8 Å². The van der Waals surface area contributed by atoms with E-state index >= 15 is 0 Å². The molecule has 2 aliphatic carbocycles. The number of methoxy groups -OCH3 is 3. The molecule has 0 unspecified atom stereocenters. The van der Waals surface area contributed by atoms with Crippen molar-refractivity contribution in [3.05, 3.63) is 17.7 Å². The Bertz CT molecular complexity index is 653. The summed E-state index contributed by atoms with van der Waals surface area (Å²) in [6.45, 7) is 0. The van der Waals surface area contributed by atoms with Crippen molar-refractivity contribution in [3.63, 3.8) is 0 Å². The Morgan fingerprint density at radius 3 is 1.86 bits per heavy atom. The van der Waals surface area contributed by atoms with Gasteiger partial charge < -0.3 is 29.4 Å². The van der Waals surface area contributed by atoms with Gasteiger partial charge in [-0.3, -0.25) is 0 Å². The number of rotatable bonds is 7. The first-order valence-electron chi connectivity index (χ1n) is 10.5. The van der Waals surface area contributed by atoms with Crippen LogP contribution < -0.4 is 19.5 Å². The van der Waals surface area contributed by atoms with Crippen molar-refractivity contribution >= 4 is 5.97 Å². The quantitative estimate of drug-likeness (QED) is 0.672. The zero-order valence-electron chi connectivity index (χ0n) is 17.6. The Kier molecular flexibility index (Phi) is 7.61. The van der Waals surface area contributed by atoms with Crippen molar-refractivity contribution in [3.8, 4) is 17.2 Å². The van der Waals surface area contributed by atoms with Gasteiger partial charge in [-0.1, -0.05) is 0 Å². The first-order valence-corrected chi connectivity index (χ1v) is 10.5. The summed E-state index contributed by atoms with van der Waals surface area (Å²) in [5, 5.41) is 13.4. The molecule has 0 atom stereocenters. The lowest BCUT2D eigenvalue weighted by Crippen LogP contribution is -2.43. The molecule has 29 heavy (non-hydrogen) atoms. The van der Waals surface area contributed by atoms with Gasteiger partial charge in [-0.05, 0) is 51.4 Å². The maximum Gasteiger partial charge on any atom is 0.346 e. The van der Waals surface area contributed by atoms with Crippen molar-refractivity contribution in [1.29, 1.82) is 0 Å². The van der Waals surface area contributed by atoms with Gasteiger partial charge in [0.05, 0.1) is 27.4 Å². The number of carbonyl (C=O) groups is 1. The normalized spacial score (nSPS) is 27.2. The smallest absolute Gasteiger partial charge is 0.346 e. The lowest BCUT2D eigenvalue weighted by Gasteiger charge is -2.34. The molecule has 0 aromatic heterocycles. The Labute approximate surface area is 172 Å². The van der Waals surface area contributed by atoms with Gasteiger partial charge in [0.2, 0.25) is 0 Å². The highest BCUT2D eigenvalue weighted by Crippen LogP contribution is 2.35. The van der Waals surface area contributed by atoms with Crippen LogP contribution in [0.2, 0.25) is 0 Å². The van der Waals surface area contributed by atoms with Crippen LogP contribution in [0.25, 0.3) is 0 Å². The van der Waals surface area contributed by atoms with Crippen LogP contribution in [0.3, 0.4) is 0 Å². The number of aliphatic hydroxyl groups is 1. The lowest BCUT2D eigenvalue weighted by atomic mass is 9.89. The summed E-state index contributed by atoms with van der Waals surface area (Å²) in [6, 6.07) is 4.26. The molecule has 0 saturated heterocycles. The molecule has 0 amide bonds. The zero-order chi connectivity index (χ0) is 20.8.